The molecular formula is C12H28N2. The van der Waals surface area contributed by atoms with Crippen LogP contribution in [-0.4, -0.2) is 37.6 Å². The first-order valence-corrected chi connectivity index (χ1v) is 5.61. The molecule has 0 rings (SSSR count). The third-order valence-electron chi connectivity index (χ3n) is 3.22. The van der Waals surface area contributed by atoms with Gasteiger partial charge in [0.2, 0.25) is 0 Å². The normalized spacial score (nSPS) is 13.7. The summed E-state index contributed by atoms with van der Waals surface area (Å²) in [5.41, 5.74) is 0.654. The zero-order valence-electron chi connectivity index (χ0n) is 11.1. The molecule has 0 aliphatic heterocycles. The van der Waals surface area contributed by atoms with Gasteiger partial charge in [-0.15, -0.1) is 0 Å². The first-order valence-electron chi connectivity index (χ1n) is 5.61. The Morgan fingerprint density at radius 1 is 1.14 bits per heavy atom. The van der Waals surface area contributed by atoms with Crippen LogP contribution < -0.4 is 5.32 Å². The zero-order chi connectivity index (χ0) is 11.4. The van der Waals surface area contributed by atoms with E-state index in [-0.39, 0.29) is 0 Å². The second-order valence-corrected chi connectivity index (χ2v) is 5.72. The van der Waals surface area contributed by atoms with E-state index in [1.54, 1.807) is 0 Å². The van der Waals surface area contributed by atoms with Gasteiger partial charge in [0.05, 0.1) is 0 Å². The Hall–Kier alpha value is -0.0800. The lowest BCUT2D eigenvalue weighted by atomic mass is 9.89. The van der Waals surface area contributed by atoms with Crippen molar-refractivity contribution in [3.05, 3.63) is 0 Å². The third kappa shape index (κ3) is 4.43. The summed E-state index contributed by atoms with van der Waals surface area (Å²) in [5.74, 6) is 0. The standard InChI is InChI=1S/C12H28N2/c1-8-12(4,5)14(7)10-11(2,3)9-13-6/h13H,8-10H2,1-7H3. The minimum Gasteiger partial charge on any atom is -0.319 e. The fourth-order valence-electron chi connectivity index (χ4n) is 1.66. The van der Waals surface area contributed by atoms with Crippen molar-refractivity contribution < 1.29 is 0 Å². The molecule has 0 atom stereocenters. The first-order chi connectivity index (χ1) is 6.25. The van der Waals surface area contributed by atoms with E-state index in [0.717, 1.165) is 13.1 Å². The second kappa shape index (κ2) is 5.13. The number of rotatable bonds is 6. The molecule has 0 spiro atoms. The molecule has 1 N–H and O–H groups in total. The van der Waals surface area contributed by atoms with E-state index in [4.69, 9.17) is 0 Å². The van der Waals surface area contributed by atoms with Crippen molar-refractivity contribution in [1.82, 2.24) is 10.2 Å². The monoisotopic (exact) mass is 200 g/mol. The van der Waals surface area contributed by atoms with Crippen LogP contribution >= 0.6 is 0 Å². The van der Waals surface area contributed by atoms with E-state index in [2.05, 4.69) is 51.9 Å². The molecule has 86 valence electrons. The van der Waals surface area contributed by atoms with E-state index >= 15 is 0 Å². The summed E-state index contributed by atoms with van der Waals surface area (Å²) >= 11 is 0. The summed E-state index contributed by atoms with van der Waals surface area (Å²) in [7, 11) is 4.24. The molecule has 0 saturated carbocycles. The average Bonchev–Trinajstić information content (AvgIpc) is 2.03. The molecule has 0 aromatic heterocycles. The molecule has 0 fully saturated rings. The lowest BCUT2D eigenvalue weighted by Crippen LogP contribution is -2.47. The lowest BCUT2D eigenvalue weighted by Gasteiger charge is -2.40. The Morgan fingerprint density at radius 3 is 2.00 bits per heavy atom. The van der Waals surface area contributed by atoms with Gasteiger partial charge in [-0.2, -0.15) is 0 Å². The molecule has 0 bridgehead atoms. The van der Waals surface area contributed by atoms with Gasteiger partial charge < -0.3 is 10.2 Å². The van der Waals surface area contributed by atoms with E-state index in [1.807, 2.05) is 7.05 Å². The Morgan fingerprint density at radius 2 is 1.64 bits per heavy atom. The number of nitrogens with one attached hydrogen (secondary N) is 1. The predicted molar refractivity (Wildman–Crippen MR) is 64.7 cm³/mol. The van der Waals surface area contributed by atoms with Gasteiger partial charge in [-0.1, -0.05) is 20.8 Å². The van der Waals surface area contributed by atoms with Crippen LogP contribution in [0.3, 0.4) is 0 Å². The Bertz CT molecular complexity index is 162. The SMILES string of the molecule is CCC(C)(C)N(C)CC(C)(C)CNC. The van der Waals surface area contributed by atoms with Crippen molar-refractivity contribution >= 4 is 0 Å². The van der Waals surface area contributed by atoms with Crippen LogP contribution in [-0.2, 0) is 0 Å². The van der Waals surface area contributed by atoms with Gasteiger partial charge in [0.1, 0.15) is 0 Å². The quantitative estimate of drug-likeness (QED) is 0.708. The van der Waals surface area contributed by atoms with Gasteiger partial charge in [-0.05, 0) is 39.8 Å². The molecule has 0 unspecified atom stereocenters. The van der Waals surface area contributed by atoms with Gasteiger partial charge in [0.15, 0.2) is 0 Å². The van der Waals surface area contributed by atoms with E-state index < -0.39 is 0 Å². The van der Waals surface area contributed by atoms with Gasteiger partial charge >= 0.3 is 0 Å². The van der Waals surface area contributed by atoms with Crippen LogP contribution in [0.25, 0.3) is 0 Å². The summed E-state index contributed by atoms with van der Waals surface area (Å²) in [6.45, 7) is 13.7. The number of hydrogen-bond donors (Lipinski definition) is 1. The summed E-state index contributed by atoms with van der Waals surface area (Å²) in [5, 5.41) is 3.26. The minimum atomic E-state index is 0.311. The maximum atomic E-state index is 3.26. The van der Waals surface area contributed by atoms with Gasteiger partial charge in [0, 0.05) is 18.6 Å². The van der Waals surface area contributed by atoms with Crippen molar-refractivity contribution in [1.29, 1.82) is 0 Å². The van der Waals surface area contributed by atoms with Crippen LogP contribution in [0.4, 0.5) is 0 Å². The average molecular weight is 200 g/mol. The van der Waals surface area contributed by atoms with Crippen LogP contribution in [0, 0.1) is 5.41 Å². The van der Waals surface area contributed by atoms with Crippen molar-refractivity contribution in [3.63, 3.8) is 0 Å². The van der Waals surface area contributed by atoms with Crippen molar-refractivity contribution in [2.45, 2.75) is 46.6 Å². The predicted octanol–water partition coefficient (Wildman–Crippen LogP) is 2.35. The summed E-state index contributed by atoms with van der Waals surface area (Å²) in [6, 6.07) is 0. The fraction of sp³-hybridized carbons (Fsp3) is 1.00. The minimum absolute atomic E-state index is 0.311. The van der Waals surface area contributed by atoms with Gasteiger partial charge in [-0.3, -0.25) is 0 Å². The molecule has 0 aromatic rings. The summed E-state index contributed by atoms with van der Waals surface area (Å²) in [6.07, 6.45) is 1.19. The molecule has 0 aliphatic rings. The topological polar surface area (TPSA) is 15.3 Å². The fourth-order valence-corrected chi connectivity index (χ4v) is 1.66. The maximum absolute atomic E-state index is 3.26. The molecule has 14 heavy (non-hydrogen) atoms. The number of nitrogens with zero attached hydrogens (tertiary/aromatic N) is 1. The maximum Gasteiger partial charge on any atom is 0.0147 e. The lowest BCUT2D eigenvalue weighted by molar-refractivity contribution is 0.0983. The van der Waals surface area contributed by atoms with Crippen molar-refractivity contribution in [2.75, 3.05) is 27.2 Å². The highest BCUT2D eigenvalue weighted by atomic mass is 15.2. The molecule has 0 heterocycles. The van der Waals surface area contributed by atoms with Crippen LogP contribution in [0.1, 0.15) is 41.0 Å². The Balaban J connectivity index is 4.23. The third-order valence-corrected chi connectivity index (χ3v) is 3.22. The van der Waals surface area contributed by atoms with Crippen LogP contribution in [0.5, 0.6) is 0 Å². The van der Waals surface area contributed by atoms with E-state index in [1.165, 1.54) is 6.42 Å². The summed E-state index contributed by atoms with van der Waals surface area (Å²) in [4.78, 5) is 2.46. The molecule has 0 radical (unpaired) electrons. The van der Waals surface area contributed by atoms with Crippen molar-refractivity contribution in [2.24, 2.45) is 5.41 Å². The molecular weight excluding hydrogens is 172 g/mol. The molecule has 0 aliphatic carbocycles. The molecule has 0 amide bonds. The first kappa shape index (κ1) is 13.9. The Kier molecular flexibility index (Phi) is 5.10. The number of hydrogen-bond acceptors (Lipinski definition) is 2. The molecule has 0 aromatic carbocycles. The van der Waals surface area contributed by atoms with Gasteiger partial charge in [-0.25, -0.2) is 0 Å². The highest BCUT2D eigenvalue weighted by molar-refractivity contribution is 4.83. The Labute approximate surface area is 90.1 Å². The van der Waals surface area contributed by atoms with E-state index in [0.29, 0.717) is 11.0 Å². The highest BCUT2D eigenvalue weighted by Crippen LogP contribution is 2.22. The molecule has 0 saturated heterocycles. The summed E-state index contributed by atoms with van der Waals surface area (Å²) < 4.78 is 0. The van der Waals surface area contributed by atoms with Crippen molar-refractivity contribution in [3.8, 4) is 0 Å². The highest BCUT2D eigenvalue weighted by Gasteiger charge is 2.27. The molecule has 2 heteroatoms. The van der Waals surface area contributed by atoms with Crippen LogP contribution in [0.15, 0.2) is 0 Å². The smallest absolute Gasteiger partial charge is 0.0147 e. The van der Waals surface area contributed by atoms with Crippen LogP contribution in [0.2, 0.25) is 0 Å². The largest absolute Gasteiger partial charge is 0.319 e. The second-order valence-electron chi connectivity index (χ2n) is 5.72. The van der Waals surface area contributed by atoms with Gasteiger partial charge in [0.25, 0.3) is 0 Å². The van der Waals surface area contributed by atoms with E-state index in [9.17, 15) is 0 Å². The molecule has 2 nitrogen and oxygen atoms in total. The zero-order valence-corrected chi connectivity index (χ0v) is 11.1.